The van der Waals surface area contributed by atoms with Crippen molar-refractivity contribution in [3.05, 3.63) is 47.8 Å². The van der Waals surface area contributed by atoms with Gasteiger partial charge in [-0.05, 0) is 18.2 Å². The molecule has 1 aromatic carbocycles. The molecule has 0 atom stereocenters. The highest BCUT2D eigenvalue weighted by Crippen LogP contribution is 2.21. The van der Waals surface area contributed by atoms with Crippen molar-refractivity contribution < 1.29 is 13.9 Å². The minimum atomic E-state index is -0.455. The van der Waals surface area contributed by atoms with Gasteiger partial charge in [-0.25, -0.2) is 9.37 Å². The summed E-state index contributed by atoms with van der Waals surface area (Å²) in [6.07, 6.45) is 3.41. The topological polar surface area (TPSA) is 44.1 Å². The number of ether oxygens (including phenoxy) is 1. The largest absolute Gasteiger partial charge is 0.496 e. The van der Waals surface area contributed by atoms with E-state index in [1.807, 2.05) is 13.8 Å². The van der Waals surface area contributed by atoms with Crippen LogP contribution in [-0.4, -0.2) is 22.4 Å². The second-order valence-corrected chi connectivity index (χ2v) is 4.84. The first-order chi connectivity index (χ1) is 9.52. The standard InChI is InChI=1S/C15H17FN2O2/c1-10(2)15-17-6-7-18(15)9-13(19)12-8-11(16)4-5-14(12)20-3/h4-8,10H,9H2,1-3H3. The molecular weight excluding hydrogens is 259 g/mol. The number of carbonyl (C=O) groups is 1. The van der Waals surface area contributed by atoms with E-state index in [1.54, 1.807) is 17.0 Å². The fraction of sp³-hybridized carbons (Fsp3) is 0.333. The van der Waals surface area contributed by atoms with E-state index >= 15 is 0 Å². The number of hydrogen-bond donors (Lipinski definition) is 0. The van der Waals surface area contributed by atoms with Crippen molar-refractivity contribution in [3.63, 3.8) is 0 Å². The SMILES string of the molecule is COc1ccc(F)cc1C(=O)Cn1ccnc1C(C)C. The van der Waals surface area contributed by atoms with Crippen molar-refractivity contribution in [1.82, 2.24) is 9.55 Å². The fourth-order valence-corrected chi connectivity index (χ4v) is 2.09. The molecule has 4 nitrogen and oxygen atoms in total. The predicted molar refractivity (Wildman–Crippen MR) is 73.6 cm³/mol. The Hall–Kier alpha value is -2.17. The van der Waals surface area contributed by atoms with E-state index in [2.05, 4.69) is 4.98 Å². The van der Waals surface area contributed by atoms with Gasteiger partial charge in [0.15, 0.2) is 5.78 Å². The summed E-state index contributed by atoms with van der Waals surface area (Å²) in [4.78, 5) is 16.6. The lowest BCUT2D eigenvalue weighted by Crippen LogP contribution is -2.14. The van der Waals surface area contributed by atoms with Crippen LogP contribution in [0.1, 0.15) is 35.9 Å². The second kappa shape index (κ2) is 5.86. The zero-order valence-electron chi connectivity index (χ0n) is 11.8. The molecule has 0 saturated heterocycles. The molecule has 2 rings (SSSR count). The molecule has 0 amide bonds. The summed E-state index contributed by atoms with van der Waals surface area (Å²) in [6.45, 7) is 4.13. The van der Waals surface area contributed by atoms with Crippen LogP contribution in [0.3, 0.4) is 0 Å². The first-order valence-corrected chi connectivity index (χ1v) is 6.40. The van der Waals surface area contributed by atoms with Crippen molar-refractivity contribution in [2.75, 3.05) is 7.11 Å². The van der Waals surface area contributed by atoms with E-state index in [4.69, 9.17) is 4.74 Å². The van der Waals surface area contributed by atoms with E-state index in [-0.39, 0.29) is 23.8 Å². The number of carbonyl (C=O) groups excluding carboxylic acids is 1. The number of benzene rings is 1. The predicted octanol–water partition coefficient (Wildman–Crippen LogP) is 3.04. The number of rotatable bonds is 5. The van der Waals surface area contributed by atoms with Gasteiger partial charge in [0.2, 0.25) is 0 Å². The maximum absolute atomic E-state index is 13.3. The van der Waals surface area contributed by atoms with Crippen LogP contribution in [-0.2, 0) is 6.54 Å². The molecule has 0 radical (unpaired) electrons. The summed E-state index contributed by atoms with van der Waals surface area (Å²) in [5.74, 6) is 0.758. The first-order valence-electron chi connectivity index (χ1n) is 6.40. The Kier molecular flexibility index (Phi) is 4.17. The summed E-state index contributed by atoms with van der Waals surface area (Å²) in [5.41, 5.74) is 0.246. The van der Waals surface area contributed by atoms with E-state index in [0.29, 0.717) is 5.75 Å². The smallest absolute Gasteiger partial charge is 0.186 e. The van der Waals surface area contributed by atoms with Gasteiger partial charge in [-0.1, -0.05) is 13.8 Å². The first kappa shape index (κ1) is 14.2. The van der Waals surface area contributed by atoms with Crippen LogP contribution in [0.5, 0.6) is 5.75 Å². The average Bonchev–Trinajstić information content (AvgIpc) is 2.87. The summed E-state index contributed by atoms with van der Waals surface area (Å²) in [5, 5.41) is 0. The van der Waals surface area contributed by atoms with E-state index in [0.717, 1.165) is 5.82 Å². The lowest BCUT2D eigenvalue weighted by molar-refractivity contribution is 0.0967. The molecule has 0 saturated carbocycles. The summed E-state index contributed by atoms with van der Waals surface area (Å²) >= 11 is 0. The molecule has 1 aromatic heterocycles. The normalized spacial score (nSPS) is 10.8. The lowest BCUT2D eigenvalue weighted by Gasteiger charge is -2.11. The highest BCUT2D eigenvalue weighted by molar-refractivity contribution is 5.98. The van der Waals surface area contributed by atoms with Gasteiger partial charge in [-0.15, -0.1) is 0 Å². The van der Waals surface area contributed by atoms with Gasteiger partial charge in [0, 0.05) is 18.3 Å². The molecule has 0 aliphatic rings. The number of methoxy groups -OCH3 is 1. The molecule has 2 aromatic rings. The third kappa shape index (κ3) is 2.87. The van der Waals surface area contributed by atoms with Gasteiger partial charge in [0.25, 0.3) is 0 Å². The fourth-order valence-electron chi connectivity index (χ4n) is 2.09. The molecule has 0 aliphatic heterocycles. The minimum absolute atomic E-state index is 0.118. The monoisotopic (exact) mass is 276 g/mol. The zero-order valence-corrected chi connectivity index (χ0v) is 11.8. The summed E-state index contributed by atoms with van der Waals surface area (Å²) in [6, 6.07) is 3.93. The maximum Gasteiger partial charge on any atom is 0.186 e. The highest BCUT2D eigenvalue weighted by atomic mass is 19.1. The van der Waals surface area contributed by atoms with Crippen LogP contribution in [0.25, 0.3) is 0 Å². The molecule has 0 N–H and O–H groups in total. The van der Waals surface area contributed by atoms with Gasteiger partial charge in [0.05, 0.1) is 19.2 Å². The Morgan fingerprint density at radius 3 is 2.85 bits per heavy atom. The Morgan fingerprint density at radius 2 is 2.20 bits per heavy atom. The Balaban J connectivity index is 2.28. The molecule has 0 spiro atoms. The molecule has 0 aliphatic carbocycles. The average molecular weight is 276 g/mol. The number of ketones is 1. The summed E-state index contributed by atoms with van der Waals surface area (Å²) < 4.78 is 20.2. The van der Waals surface area contributed by atoms with Crippen LogP contribution < -0.4 is 4.74 Å². The summed E-state index contributed by atoms with van der Waals surface area (Å²) in [7, 11) is 1.46. The molecule has 5 heteroatoms. The number of hydrogen-bond acceptors (Lipinski definition) is 3. The molecule has 1 heterocycles. The Morgan fingerprint density at radius 1 is 1.45 bits per heavy atom. The number of Topliss-reactive ketones (excluding diaryl/α,β-unsaturated/α-hetero) is 1. The molecule has 0 unspecified atom stereocenters. The van der Waals surface area contributed by atoms with Crippen molar-refractivity contribution in [2.24, 2.45) is 0 Å². The molecule has 0 fully saturated rings. The van der Waals surface area contributed by atoms with Crippen LogP contribution in [0, 0.1) is 5.82 Å². The van der Waals surface area contributed by atoms with Crippen molar-refractivity contribution in [3.8, 4) is 5.75 Å². The van der Waals surface area contributed by atoms with Crippen LogP contribution in [0.15, 0.2) is 30.6 Å². The van der Waals surface area contributed by atoms with Gasteiger partial charge in [-0.2, -0.15) is 0 Å². The van der Waals surface area contributed by atoms with E-state index < -0.39 is 5.82 Å². The Bertz CT molecular complexity index is 620. The molecule has 20 heavy (non-hydrogen) atoms. The highest BCUT2D eigenvalue weighted by Gasteiger charge is 2.16. The van der Waals surface area contributed by atoms with Gasteiger partial charge in [-0.3, -0.25) is 4.79 Å². The lowest BCUT2D eigenvalue weighted by atomic mass is 10.1. The maximum atomic E-state index is 13.3. The van der Waals surface area contributed by atoms with Crippen LogP contribution >= 0.6 is 0 Å². The third-order valence-corrected chi connectivity index (χ3v) is 3.04. The molecule has 0 bridgehead atoms. The number of aromatic nitrogens is 2. The van der Waals surface area contributed by atoms with Crippen molar-refractivity contribution in [2.45, 2.75) is 26.3 Å². The van der Waals surface area contributed by atoms with Crippen LogP contribution in [0.4, 0.5) is 4.39 Å². The van der Waals surface area contributed by atoms with E-state index in [9.17, 15) is 9.18 Å². The quantitative estimate of drug-likeness (QED) is 0.788. The van der Waals surface area contributed by atoms with E-state index in [1.165, 1.54) is 25.3 Å². The van der Waals surface area contributed by atoms with Gasteiger partial charge >= 0.3 is 0 Å². The molecule has 106 valence electrons. The number of nitrogens with zero attached hydrogens (tertiary/aromatic N) is 2. The Labute approximate surface area is 117 Å². The molecular formula is C15H17FN2O2. The van der Waals surface area contributed by atoms with Gasteiger partial charge in [0.1, 0.15) is 17.4 Å². The van der Waals surface area contributed by atoms with Gasteiger partial charge < -0.3 is 9.30 Å². The van der Waals surface area contributed by atoms with Crippen molar-refractivity contribution >= 4 is 5.78 Å². The number of imidazole rings is 1. The third-order valence-electron chi connectivity index (χ3n) is 3.04. The zero-order chi connectivity index (χ0) is 14.7. The minimum Gasteiger partial charge on any atom is -0.496 e. The number of halogens is 1. The van der Waals surface area contributed by atoms with Crippen molar-refractivity contribution in [1.29, 1.82) is 0 Å². The second-order valence-electron chi connectivity index (χ2n) is 4.84. The van der Waals surface area contributed by atoms with Crippen LogP contribution in [0.2, 0.25) is 0 Å².